The van der Waals surface area contributed by atoms with Crippen LogP contribution in [-0.4, -0.2) is 18.2 Å². The van der Waals surface area contributed by atoms with Gasteiger partial charge in [0.1, 0.15) is 5.75 Å². The van der Waals surface area contributed by atoms with Gasteiger partial charge in [-0.05, 0) is 32.0 Å². The Bertz CT molecular complexity index is 289. The average Bonchev–Trinajstić information content (AvgIpc) is 2.26. The molecule has 0 amide bonds. The molecule has 0 heterocycles. The maximum Gasteiger partial charge on any atom is 0.120 e. The quantitative estimate of drug-likeness (QED) is 0.625. The summed E-state index contributed by atoms with van der Waals surface area (Å²) in [6, 6.07) is 7.69. The number of benzene rings is 1. The Morgan fingerprint density at radius 3 is 2.73 bits per heavy atom. The second-order valence-corrected chi connectivity index (χ2v) is 3.62. The maximum absolute atomic E-state index is 9.70. The van der Waals surface area contributed by atoms with Gasteiger partial charge in [0, 0.05) is 11.6 Å². The zero-order chi connectivity index (χ0) is 11.1. The number of phenols is 1. The lowest BCUT2D eigenvalue weighted by atomic mass is 10.0. The highest BCUT2D eigenvalue weighted by Crippen LogP contribution is 2.25. The fourth-order valence-corrected chi connectivity index (χ4v) is 1.63. The van der Waals surface area contributed by atoms with Crippen LogP contribution in [0.5, 0.6) is 5.75 Å². The molecule has 1 aromatic rings. The SMILES string of the molecule is CCC(NCCCN)c1ccccc1O. The van der Waals surface area contributed by atoms with Gasteiger partial charge in [-0.15, -0.1) is 0 Å². The number of nitrogens with two attached hydrogens (primary N) is 1. The molecule has 0 aromatic heterocycles. The first-order valence-electron chi connectivity index (χ1n) is 5.51. The molecule has 4 N–H and O–H groups in total. The highest BCUT2D eigenvalue weighted by Gasteiger charge is 2.11. The van der Waals surface area contributed by atoms with Crippen LogP contribution in [0.2, 0.25) is 0 Å². The summed E-state index contributed by atoms with van der Waals surface area (Å²) in [5.41, 5.74) is 6.40. The Morgan fingerprint density at radius 1 is 1.40 bits per heavy atom. The van der Waals surface area contributed by atoms with Crippen molar-refractivity contribution in [2.45, 2.75) is 25.8 Å². The van der Waals surface area contributed by atoms with Crippen LogP contribution in [0.4, 0.5) is 0 Å². The lowest BCUT2D eigenvalue weighted by molar-refractivity contribution is 0.440. The molecule has 3 nitrogen and oxygen atoms in total. The predicted octanol–water partition coefficient (Wildman–Crippen LogP) is 1.78. The van der Waals surface area contributed by atoms with Crippen LogP contribution in [0, 0.1) is 0 Å². The molecule has 0 aliphatic rings. The molecule has 0 spiro atoms. The molecule has 15 heavy (non-hydrogen) atoms. The van der Waals surface area contributed by atoms with Crippen molar-refractivity contribution in [2.75, 3.05) is 13.1 Å². The first-order valence-corrected chi connectivity index (χ1v) is 5.51. The summed E-state index contributed by atoms with van der Waals surface area (Å²) in [7, 11) is 0. The summed E-state index contributed by atoms with van der Waals surface area (Å²) < 4.78 is 0. The molecule has 0 saturated carbocycles. The molecule has 0 aliphatic carbocycles. The van der Waals surface area contributed by atoms with Gasteiger partial charge in [-0.1, -0.05) is 25.1 Å². The molecular formula is C12H20N2O. The number of para-hydroxylation sites is 1. The topological polar surface area (TPSA) is 58.3 Å². The minimum absolute atomic E-state index is 0.220. The number of aromatic hydroxyl groups is 1. The van der Waals surface area contributed by atoms with E-state index < -0.39 is 0 Å². The van der Waals surface area contributed by atoms with Crippen LogP contribution in [0.1, 0.15) is 31.4 Å². The van der Waals surface area contributed by atoms with Gasteiger partial charge >= 0.3 is 0 Å². The molecule has 1 unspecified atom stereocenters. The van der Waals surface area contributed by atoms with E-state index in [0.29, 0.717) is 12.3 Å². The van der Waals surface area contributed by atoms with Crippen LogP contribution < -0.4 is 11.1 Å². The third-order valence-electron chi connectivity index (χ3n) is 2.49. The summed E-state index contributed by atoms with van der Waals surface area (Å²) in [5, 5.41) is 13.1. The van der Waals surface area contributed by atoms with E-state index in [2.05, 4.69) is 12.2 Å². The van der Waals surface area contributed by atoms with E-state index in [1.54, 1.807) is 6.07 Å². The average molecular weight is 208 g/mol. The minimum atomic E-state index is 0.220. The standard InChI is InChI=1S/C12H20N2O/c1-2-11(14-9-5-8-13)10-6-3-4-7-12(10)15/h3-4,6-7,11,14-15H,2,5,8-9,13H2,1H3. The molecule has 1 atom stereocenters. The third kappa shape index (κ3) is 3.53. The summed E-state index contributed by atoms with van der Waals surface area (Å²) in [6.07, 6.45) is 1.92. The number of phenolic OH excluding ortho intramolecular Hbond substituents is 1. The van der Waals surface area contributed by atoms with Crippen LogP contribution in [0.15, 0.2) is 24.3 Å². The highest BCUT2D eigenvalue weighted by molar-refractivity contribution is 5.34. The highest BCUT2D eigenvalue weighted by atomic mass is 16.3. The molecule has 0 bridgehead atoms. The van der Waals surface area contributed by atoms with E-state index in [1.165, 1.54) is 0 Å². The maximum atomic E-state index is 9.70. The van der Waals surface area contributed by atoms with Crippen LogP contribution in [0.25, 0.3) is 0 Å². The predicted molar refractivity (Wildman–Crippen MR) is 62.8 cm³/mol. The monoisotopic (exact) mass is 208 g/mol. The van der Waals surface area contributed by atoms with E-state index in [4.69, 9.17) is 5.73 Å². The van der Waals surface area contributed by atoms with Gasteiger partial charge < -0.3 is 16.2 Å². The lowest BCUT2D eigenvalue weighted by Gasteiger charge is -2.18. The Kier molecular flexibility index (Phi) is 5.15. The fourth-order valence-electron chi connectivity index (χ4n) is 1.63. The smallest absolute Gasteiger partial charge is 0.120 e. The Labute approximate surface area is 91.3 Å². The normalized spacial score (nSPS) is 12.7. The van der Waals surface area contributed by atoms with Crippen LogP contribution >= 0.6 is 0 Å². The number of hydrogen-bond acceptors (Lipinski definition) is 3. The molecule has 84 valence electrons. The van der Waals surface area contributed by atoms with Gasteiger partial charge in [0.2, 0.25) is 0 Å². The van der Waals surface area contributed by atoms with Gasteiger partial charge in [-0.25, -0.2) is 0 Å². The Balaban J connectivity index is 2.61. The van der Waals surface area contributed by atoms with Gasteiger partial charge in [-0.2, -0.15) is 0 Å². The van der Waals surface area contributed by atoms with Crippen molar-refractivity contribution < 1.29 is 5.11 Å². The molecule has 0 radical (unpaired) electrons. The summed E-state index contributed by atoms with van der Waals surface area (Å²) >= 11 is 0. The van der Waals surface area contributed by atoms with Crippen molar-refractivity contribution in [3.63, 3.8) is 0 Å². The molecule has 0 fully saturated rings. The fraction of sp³-hybridized carbons (Fsp3) is 0.500. The van der Waals surface area contributed by atoms with Crippen molar-refractivity contribution in [2.24, 2.45) is 5.73 Å². The van der Waals surface area contributed by atoms with E-state index in [0.717, 1.165) is 24.9 Å². The zero-order valence-electron chi connectivity index (χ0n) is 9.24. The van der Waals surface area contributed by atoms with Gasteiger partial charge in [0.05, 0.1) is 0 Å². The van der Waals surface area contributed by atoms with E-state index in [-0.39, 0.29) is 6.04 Å². The van der Waals surface area contributed by atoms with Gasteiger partial charge in [0.15, 0.2) is 0 Å². The van der Waals surface area contributed by atoms with Gasteiger partial charge in [0.25, 0.3) is 0 Å². The molecule has 1 rings (SSSR count). The molecule has 0 aliphatic heterocycles. The zero-order valence-corrected chi connectivity index (χ0v) is 9.24. The Morgan fingerprint density at radius 2 is 2.13 bits per heavy atom. The van der Waals surface area contributed by atoms with Crippen molar-refractivity contribution in [3.05, 3.63) is 29.8 Å². The summed E-state index contributed by atoms with van der Waals surface area (Å²) in [4.78, 5) is 0. The van der Waals surface area contributed by atoms with E-state index in [1.807, 2.05) is 18.2 Å². The van der Waals surface area contributed by atoms with Crippen LogP contribution in [0.3, 0.4) is 0 Å². The van der Waals surface area contributed by atoms with Crippen molar-refractivity contribution in [1.82, 2.24) is 5.32 Å². The third-order valence-corrected chi connectivity index (χ3v) is 2.49. The Hall–Kier alpha value is -1.06. The van der Waals surface area contributed by atoms with E-state index in [9.17, 15) is 5.11 Å². The number of rotatable bonds is 6. The molecule has 0 saturated heterocycles. The second kappa shape index (κ2) is 6.43. The first-order chi connectivity index (χ1) is 7.29. The minimum Gasteiger partial charge on any atom is -0.508 e. The van der Waals surface area contributed by atoms with Crippen molar-refractivity contribution in [3.8, 4) is 5.75 Å². The van der Waals surface area contributed by atoms with Crippen molar-refractivity contribution >= 4 is 0 Å². The lowest BCUT2D eigenvalue weighted by Crippen LogP contribution is -2.23. The second-order valence-electron chi connectivity index (χ2n) is 3.62. The number of hydrogen-bond donors (Lipinski definition) is 3. The molecule has 3 heteroatoms. The number of nitrogens with one attached hydrogen (secondary N) is 1. The molecular weight excluding hydrogens is 188 g/mol. The first kappa shape index (κ1) is 12.0. The van der Waals surface area contributed by atoms with Gasteiger partial charge in [-0.3, -0.25) is 0 Å². The molecule has 1 aromatic carbocycles. The van der Waals surface area contributed by atoms with Crippen molar-refractivity contribution in [1.29, 1.82) is 0 Å². The largest absolute Gasteiger partial charge is 0.508 e. The summed E-state index contributed by atoms with van der Waals surface area (Å²) in [6.45, 7) is 3.69. The summed E-state index contributed by atoms with van der Waals surface area (Å²) in [5.74, 6) is 0.365. The van der Waals surface area contributed by atoms with Crippen LogP contribution in [-0.2, 0) is 0 Å². The van der Waals surface area contributed by atoms with E-state index >= 15 is 0 Å².